The van der Waals surface area contributed by atoms with Crippen molar-refractivity contribution in [2.24, 2.45) is 0 Å². The molecule has 1 aromatic carbocycles. The van der Waals surface area contributed by atoms with Gasteiger partial charge in [-0.1, -0.05) is 29.8 Å². The minimum atomic E-state index is -4.44. The summed E-state index contributed by atoms with van der Waals surface area (Å²) in [6.45, 7) is 2.84. The van der Waals surface area contributed by atoms with E-state index < -0.39 is 11.7 Å². The Morgan fingerprint density at radius 3 is 2.85 bits per heavy atom. The molecule has 2 heterocycles. The first-order valence-electron chi connectivity index (χ1n) is 8.34. The Hall–Kier alpha value is -2.57. The van der Waals surface area contributed by atoms with E-state index in [4.69, 9.17) is 4.74 Å². The Kier molecular flexibility index (Phi) is 5.15. The molecule has 1 aliphatic rings. The van der Waals surface area contributed by atoms with Gasteiger partial charge in [0.2, 0.25) is 11.8 Å². The van der Waals surface area contributed by atoms with E-state index in [0.717, 1.165) is 29.5 Å². The number of pyridine rings is 1. The van der Waals surface area contributed by atoms with Crippen molar-refractivity contribution in [2.75, 3.05) is 13.1 Å². The third-order valence-electron chi connectivity index (χ3n) is 4.29. The largest absolute Gasteiger partial charge is 0.472 e. The number of nitrogens with zero attached hydrogens (tertiary/aromatic N) is 2. The smallest absolute Gasteiger partial charge is 0.416 e. The van der Waals surface area contributed by atoms with E-state index in [2.05, 4.69) is 4.98 Å². The second-order valence-electron chi connectivity index (χ2n) is 6.41. The zero-order valence-electron chi connectivity index (χ0n) is 14.3. The number of halogens is 3. The number of aryl methyl sites for hydroxylation is 1. The van der Waals surface area contributed by atoms with Gasteiger partial charge in [0.15, 0.2) is 0 Å². The van der Waals surface area contributed by atoms with E-state index in [1.807, 2.05) is 31.2 Å². The molecular weight excluding hydrogens is 345 g/mol. The van der Waals surface area contributed by atoms with Crippen LogP contribution in [0.25, 0.3) is 0 Å². The van der Waals surface area contributed by atoms with Crippen molar-refractivity contribution in [1.29, 1.82) is 0 Å². The van der Waals surface area contributed by atoms with E-state index >= 15 is 0 Å². The lowest BCUT2D eigenvalue weighted by atomic mass is 10.1. The maximum Gasteiger partial charge on any atom is 0.416 e. The summed E-state index contributed by atoms with van der Waals surface area (Å²) >= 11 is 0. The van der Waals surface area contributed by atoms with Gasteiger partial charge in [-0.3, -0.25) is 4.79 Å². The maximum atomic E-state index is 12.7. The average molecular weight is 364 g/mol. The monoisotopic (exact) mass is 364 g/mol. The zero-order chi connectivity index (χ0) is 18.7. The summed E-state index contributed by atoms with van der Waals surface area (Å²) in [4.78, 5) is 17.9. The number of hydrogen-bond acceptors (Lipinski definition) is 3. The van der Waals surface area contributed by atoms with Gasteiger partial charge in [0.05, 0.1) is 18.5 Å². The summed E-state index contributed by atoms with van der Waals surface area (Å²) in [5.41, 5.74) is 1.24. The van der Waals surface area contributed by atoms with Crippen LogP contribution in [-0.2, 0) is 17.4 Å². The van der Waals surface area contributed by atoms with E-state index in [1.54, 1.807) is 4.90 Å². The summed E-state index contributed by atoms with van der Waals surface area (Å²) in [5.74, 6) is -0.0866. The molecule has 26 heavy (non-hydrogen) atoms. The van der Waals surface area contributed by atoms with Crippen LogP contribution in [0, 0.1) is 6.92 Å². The number of rotatable bonds is 4. The van der Waals surface area contributed by atoms with Gasteiger partial charge in [0.1, 0.15) is 6.10 Å². The van der Waals surface area contributed by atoms with Gasteiger partial charge in [-0.15, -0.1) is 0 Å². The first-order valence-corrected chi connectivity index (χ1v) is 8.34. The molecule has 2 aromatic rings. The van der Waals surface area contributed by atoms with Crippen LogP contribution in [0.1, 0.15) is 23.1 Å². The third-order valence-corrected chi connectivity index (χ3v) is 4.29. The standard InChI is InChI=1S/C19H19F3N2O2/c1-13-3-2-4-14(9-13)10-18(25)24-8-6-16(12-24)26-17-11-15(5-7-23-17)19(20,21)22/h2-5,7,9,11,16H,6,8,10,12H2,1H3. The Morgan fingerprint density at radius 1 is 1.31 bits per heavy atom. The number of likely N-dealkylation sites (tertiary alicyclic amines) is 1. The highest BCUT2D eigenvalue weighted by Crippen LogP contribution is 2.31. The zero-order valence-corrected chi connectivity index (χ0v) is 14.3. The first-order chi connectivity index (χ1) is 12.3. The maximum absolute atomic E-state index is 12.7. The van der Waals surface area contributed by atoms with Crippen LogP contribution in [0.15, 0.2) is 42.6 Å². The summed E-state index contributed by atoms with van der Waals surface area (Å²) in [6, 6.07) is 9.54. The Bertz CT molecular complexity index is 792. The molecule has 3 rings (SSSR count). The van der Waals surface area contributed by atoms with Gasteiger partial charge in [-0.25, -0.2) is 4.98 Å². The van der Waals surface area contributed by atoms with Gasteiger partial charge in [0, 0.05) is 25.2 Å². The SMILES string of the molecule is Cc1cccc(CC(=O)N2CCC(Oc3cc(C(F)(F)F)ccn3)C2)c1. The van der Waals surface area contributed by atoms with Crippen LogP contribution < -0.4 is 4.74 Å². The normalized spacial score (nSPS) is 17.4. The van der Waals surface area contributed by atoms with E-state index in [9.17, 15) is 18.0 Å². The van der Waals surface area contributed by atoms with Crippen molar-refractivity contribution in [3.8, 4) is 5.88 Å². The number of ether oxygens (including phenoxy) is 1. The molecule has 1 aromatic heterocycles. The number of aromatic nitrogens is 1. The highest BCUT2D eigenvalue weighted by atomic mass is 19.4. The van der Waals surface area contributed by atoms with Crippen molar-refractivity contribution in [2.45, 2.75) is 32.0 Å². The summed E-state index contributed by atoms with van der Waals surface area (Å²) in [7, 11) is 0. The first kappa shape index (κ1) is 18.2. The second-order valence-corrected chi connectivity index (χ2v) is 6.41. The Morgan fingerprint density at radius 2 is 2.12 bits per heavy atom. The minimum absolute atomic E-state index is 0.0151. The van der Waals surface area contributed by atoms with Crippen molar-refractivity contribution >= 4 is 5.91 Å². The highest BCUT2D eigenvalue weighted by molar-refractivity contribution is 5.79. The molecular formula is C19H19F3N2O2. The van der Waals surface area contributed by atoms with Crippen LogP contribution in [-0.4, -0.2) is 35.0 Å². The molecule has 1 amide bonds. The lowest BCUT2D eigenvalue weighted by Crippen LogP contribution is -2.32. The molecule has 0 radical (unpaired) electrons. The molecule has 138 valence electrons. The van der Waals surface area contributed by atoms with Crippen LogP contribution in [0.2, 0.25) is 0 Å². The second kappa shape index (κ2) is 7.35. The summed E-state index contributed by atoms with van der Waals surface area (Å²) < 4.78 is 43.8. The van der Waals surface area contributed by atoms with Gasteiger partial charge in [0.25, 0.3) is 0 Å². The number of carbonyl (C=O) groups excluding carboxylic acids is 1. The van der Waals surface area contributed by atoms with Gasteiger partial charge in [-0.05, 0) is 18.6 Å². The molecule has 0 spiro atoms. The van der Waals surface area contributed by atoms with Crippen molar-refractivity contribution in [1.82, 2.24) is 9.88 Å². The fourth-order valence-corrected chi connectivity index (χ4v) is 2.98. The fraction of sp³-hybridized carbons (Fsp3) is 0.368. The van der Waals surface area contributed by atoms with Gasteiger partial charge in [-0.2, -0.15) is 13.2 Å². The molecule has 1 fully saturated rings. The summed E-state index contributed by atoms with van der Waals surface area (Å²) in [6.07, 6.45) is -2.85. The Labute approximate surface area is 149 Å². The predicted molar refractivity (Wildman–Crippen MR) is 89.7 cm³/mol. The molecule has 4 nitrogen and oxygen atoms in total. The summed E-state index contributed by atoms with van der Waals surface area (Å²) in [5, 5.41) is 0. The molecule has 1 saturated heterocycles. The number of benzene rings is 1. The molecule has 7 heteroatoms. The fourth-order valence-electron chi connectivity index (χ4n) is 2.98. The van der Waals surface area contributed by atoms with Gasteiger partial charge >= 0.3 is 6.18 Å². The number of hydrogen-bond donors (Lipinski definition) is 0. The lowest BCUT2D eigenvalue weighted by Gasteiger charge is -2.17. The Balaban J connectivity index is 1.58. The van der Waals surface area contributed by atoms with Crippen molar-refractivity contribution in [3.63, 3.8) is 0 Å². The van der Waals surface area contributed by atoms with E-state index in [0.29, 0.717) is 25.9 Å². The molecule has 1 aliphatic heterocycles. The quantitative estimate of drug-likeness (QED) is 0.832. The number of carbonyl (C=O) groups is 1. The number of alkyl halides is 3. The molecule has 0 bridgehead atoms. The van der Waals surface area contributed by atoms with Crippen molar-refractivity contribution < 1.29 is 22.7 Å². The molecule has 0 N–H and O–H groups in total. The van der Waals surface area contributed by atoms with Gasteiger partial charge < -0.3 is 9.64 Å². The molecule has 1 atom stereocenters. The van der Waals surface area contributed by atoms with Crippen LogP contribution >= 0.6 is 0 Å². The van der Waals surface area contributed by atoms with Crippen LogP contribution in [0.3, 0.4) is 0 Å². The minimum Gasteiger partial charge on any atom is -0.472 e. The third kappa shape index (κ3) is 4.53. The highest BCUT2D eigenvalue weighted by Gasteiger charge is 2.32. The lowest BCUT2D eigenvalue weighted by molar-refractivity contribution is -0.137. The van der Waals surface area contributed by atoms with Crippen LogP contribution in [0.5, 0.6) is 5.88 Å². The molecule has 0 aliphatic carbocycles. The topological polar surface area (TPSA) is 42.4 Å². The number of amides is 1. The van der Waals surface area contributed by atoms with Crippen molar-refractivity contribution in [3.05, 3.63) is 59.3 Å². The van der Waals surface area contributed by atoms with E-state index in [-0.39, 0.29) is 17.9 Å². The van der Waals surface area contributed by atoms with Crippen LogP contribution in [0.4, 0.5) is 13.2 Å². The average Bonchev–Trinajstić information content (AvgIpc) is 3.03. The molecule has 0 saturated carbocycles. The predicted octanol–water partition coefficient (Wildman–Crippen LogP) is 3.63. The molecule has 1 unspecified atom stereocenters. The van der Waals surface area contributed by atoms with E-state index in [1.165, 1.54) is 0 Å².